The van der Waals surface area contributed by atoms with Crippen LogP contribution in [-0.2, 0) is 102 Å². The molecule has 0 aliphatic heterocycles. The van der Waals surface area contributed by atoms with Crippen molar-refractivity contribution < 1.29 is 97.1 Å². The molecule has 2 heterocycles. The van der Waals surface area contributed by atoms with Gasteiger partial charge in [-0.1, -0.05) is 76.6 Å². The number of likely N-dealkylation sites (N-methyl/N-ethyl adjacent to an activating group) is 1. The van der Waals surface area contributed by atoms with Crippen LogP contribution in [0.2, 0.25) is 0 Å². The molecule has 13 amide bonds. The van der Waals surface area contributed by atoms with Gasteiger partial charge in [-0.2, -0.15) is 24.4 Å². The van der Waals surface area contributed by atoms with E-state index in [4.69, 9.17) is 40.1 Å². The molecule has 140 heavy (non-hydrogen) atoms. The van der Waals surface area contributed by atoms with Crippen LogP contribution in [0.25, 0.3) is 10.9 Å². The minimum absolute atomic E-state index is 0.0296. The number of nitrogens with zero attached hydrogens (tertiary/aromatic N) is 3. The maximum Gasteiger partial charge on any atom is 0.326 e. The number of ketones is 1. The highest BCUT2D eigenvalue weighted by Gasteiger charge is 2.39. The predicted molar refractivity (Wildman–Crippen MR) is 532 cm³/mol. The number of carbonyl (C=O) groups is 16. The van der Waals surface area contributed by atoms with Crippen LogP contribution in [-0.4, -0.2) is 283 Å². The van der Waals surface area contributed by atoms with Gasteiger partial charge in [0.25, 0.3) is 0 Å². The average Bonchev–Trinajstić information content (AvgIpc) is 1.69. The molecule has 0 aliphatic rings. The van der Waals surface area contributed by atoms with E-state index in [0.29, 0.717) is 73.2 Å². The maximum atomic E-state index is 14.4. The Balaban J connectivity index is 0.000000596. The van der Waals surface area contributed by atoms with E-state index in [1.807, 2.05) is 31.2 Å². The minimum Gasteiger partial charge on any atom is -0.508 e. The summed E-state index contributed by atoms with van der Waals surface area (Å²) >= 11 is 5.52. The molecule has 16 unspecified atom stereocenters. The van der Waals surface area contributed by atoms with Crippen LogP contribution in [0, 0.1) is 11.8 Å². The van der Waals surface area contributed by atoms with Gasteiger partial charge < -0.3 is 145 Å². The van der Waals surface area contributed by atoms with E-state index in [9.17, 15) is 97.1 Å². The predicted octanol–water partition coefficient (Wildman–Crippen LogP) is -2.50. The number of imidazole rings is 1. The topological polar surface area (TPSA) is 774 Å². The van der Waals surface area contributed by atoms with Gasteiger partial charge in [-0.3, -0.25) is 81.9 Å². The number of aliphatic carboxylic acids is 2. The molecule has 48 heteroatoms. The number of fused-ring (bicyclic) bond motifs is 1. The van der Waals surface area contributed by atoms with Gasteiger partial charge in [0.1, 0.15) is 84.0 Å². The number of unbranched alkanes of at least 4 members (excludes halogenated alkanes) is 2. The van der Waals surface area contributed by atoms with E-state index in [0.717, 1.165) is 10.9 Å². The zero-order valence-corrected chi connectivity index (χ0v) is 82.4. The van der Waals surface area contributed by atoms with Gasteiger partial charge in [0.2, 0.25) is 76.8 Å². The summed E-state index contributed by atoms with van der Waals surface area (Å²) in [5.74, 6) is -13.1. The lowest BCUT2D eigenvalue weighted by Gasteiger charge is -2.29. The van der Waals surface area contributed by atoms with Crippen molar-refractivity contribution in [3.05, 3.63) is 114 Å². The smallest absolute Gasteiger partial charge is 0.326 e. The first-order valence-corrected chi connectivity index (χ1v) is 48.5. The second-order valence-corrected chi connectivity index (χ2v) is 35.8. The molecule has 0 bridgehead atoms. The molecule has 5 aromatic rings. The number of benzene rings is 3. The number of aromatic hydroxyl groups is 2. The SMILES string of the molecule is CCC(C)C(NC(=O)C(Cc1ccc(O)cc1)NC(=O)C(Cc1ccc(O)cc1)NC(=O)C(CCCCN)NC(=O)C(C)NC(=O)C(N)CCCN=C(N)N)C(=O)NC(C)C(C)=O.CNC(CS)C(=O)NC(CCC(=O)O)C(=O)NC(CC(C)C)C(=O)NC(CCCN=C(N)N)C(=O)NC(CCSC)C(=O)NC(Cc1cnc[nH]1)C(=O)NC(CCCCN)C(=O)NC(Cc1c[nH]c2ccccc12)C(=O)O. The number of hydrogen-bond acceptors (Lipinski definition) is 27. The van der Waals surface area contributed by atoms with Crippen molar-refractivity contribution in [1.82, 2.24) is 89.4 Å². The molecule has 34 N–H and O–H groups in total. The van der Waals surface area contributed by atoms with Crippen molar-refractivity contribution >= 4 is 142 Å². The molecule has 0 saturated carbocycles. The third-order valence-electron chi connectivity index (χ3n) is 22.6. The molecular formula is C92H144N26O20S2. The molecule has 2 aromatic heterocycles. The van der Waals surface area contributed by atoms with Crippen LogP contribution in [0.5, 0.6) is 11.5 Å². The molecular weight excluding hydrogens is 1850 g/mol. The lowest BCUT2D eigenvalue weighted by atomic mass is 9.96. The number of hydrogen-bond donors (Lipinski definition) is 28. The molecule has 0 saturated heterocycles. The number of aromatic nitrogens is 3. The zero-order chi connectivity index (χ0) is 104. The van der Waals surface area contributed by atoms with Gasteiger partial charge in [-0.15, -0.1) is 0 Å². The van der Waals surface area contributed by atoms with Crippen LogP contribution >= 0.6 is 24.4 Å². The first kappa shape index (κ1) is 119. The van der Waals surface area contributed by atoms with E-state index in [2.05, 4.69) is 112 Å². The summed E-state index contributed by atoms with van der Waals surface area (Å²) in [5.41, 5.74) is 42.1. The second kappa shape index (κ2) is 63.4. The Kier molecular flexibility index (Phi) is 53.9. The molecule has 774 valence electrons. The van der Waals surface area contributed by atoms with Gasteiger partial charge in [0.05, 0.1) is 24.5 Å². The van der Waals surface area contributed by atoms with Crippen molar-refractivity contribution in [3.63, 3.8) is 0 Å². The summed E-state index contributed by atoms with van der Waals surface area (Å²) in [6, 6.07) is 1.11. The van der Waals surface area contributed by atoms with Gasteiger partial charge >= 0.3 is 11.9 Å². The minimum atomic E-state index is -1.38. The van der Waals surface area contributed by atoms with E-state index in [-0.39, 0.29) is 143 Å². The third kappa shape index (κ3) is 43.9. The van der Waals surface area contributed by atoms with Crippen LogP contribution in [0.15, 0.2) is 102 Å². The lowest BCUT2D eigenvalue weighted by Crippen LogP contribution is -2.60. The van der Waals surface area contributed by atoms with Crippen molar-refractivity contribution in [2.75, 3.05) is 51.0 Å². The highest BCUT2D eigenvalue weighted by Crippen LogP contribution is 2.22. The Morgan fingerprint density at radius 3 is 1.33 bits per heavy atom. The summed E-state index contributed by atoms with van der Waals surface area (Å²) in [5, 5.41) is 77.6. The first-order valence-electron chi connectivity index (χ1n) is 46.5. The standard InChI is InChI=1S/C49H77N15O11S2.C43H67N11O9/c1-27(2)20-36(62-43(69)34(14-15-40(65)66)60-47(73)39(25-76)53-3)45(71)59-33(13-9-18-55-49(51)52)41(67)61-35(16-19-77-4)44(70)63-37(22-29-24-54-26-57-29)46(72)58-32(12-7-8-17-50)42(68)64-38(48(74)75)21-28-23-56-31-11-6-5-10-30(28)31;1-6-24(2)36(42(63)49-25(3)27(5)55)54-41(62)35(23-29-14-18-31(57)19-15-29)53-40(61)34(22-28-12-16-30(56)17-13-28)52-39(60)33(11-7-8-20-44)51-37(58)26(4)50-38(59)32(45)10-9-21-48-43(46)47/h5-6,10-11,23-24,26-27,32-39,53,56,76H,7-9,12-22,25,50H2,1-4H3,(H,54,57)(H,58,72)(H,59,71)(H,60,73)(H,61,67)(H,62,69)(H,63,70)(H,64,68)(H,65,66)(H,74,75)(H4,51,52,55);12-19,24-26,32-36,56-57H,6-11,20-23,44-45H2,1-5H3,(H,49,63)(H,50,59)(H,51,58)(H,52,60)(H,53,61)(H,54,62)(H4,46,47,48). The van der Waals surface area contributed by atoms with Gasteiger partial charge in [-0.25, -0.2) is 9.78 Å². The van der Waals surface area contributed by atoms with Crippen LogP contribution < -0.4 is 115 Å². The number of phenolic OH excluding ortho intramolecular Hbond substituents is 2. The number of aromatic amines is 2. The van der Waals surface area contributed by atoms with Crippen LogP contribution in [0.1, 0.15) is 167 Å². The van der Waals surface area contributed by atoms with Crippen molar-refractivity contribution in [1.29, 1.82) is 0 Å². The molecule has 0 aliphatic carbocycles. The summed E-state index contributed by atoms with van der Waals surface area (Å²) in [6.07, 6.45) is 8.28. The number of phenols is 2. The molecule has 46 nitrogen and oxygen atoms in total. The van der Waals surface area contributed by atoms with E-state index >= 15 is 0 Å². The maximum absolute atomic E-state index is 14.4. The molecule has 0 spiro atoms. The van der Waals surface area contributed by atoms with Crippen LogP contribution in [0.4, 0.5) is 0 Å². The molecule has 16 atom stereocenters. The number of carbonyl (C=O) groups excluding carboxylic acids is 14. The first-order chi connectivity index (χ1) is 66.5. The Labute approximate surface area is 823 Å². The quantitative estimate of drug-likeness (QED) is 0.00828. The highest BCUT2D eigenvalue weighted by molar-refractivity contribution is 7.98. The summed E-state index contributed by atoms with van der Waals surface area (Å²) in [6.45, 7) is 12.3. The molecule has 3 aromatic carbocycles. The van der Waals surface area contributed by atoms with Crippen molar-refractivity contribution in [2.24, 2.45) is 62.0 Å². The Morgan fingerprint density at radius 1 is 0.464 bits per heavy atom. The second-order valence-electron chi connectivity index (χ2n) is 34.4. The number of carboxylic acid groups (broad SMARTS) is 2. The number of guanidine groups is 2. The van der Waals surface area contributed by atoms with E-state index in [1.54, 1.807) is 57.5 Å². The summed E-state index contributed by atoms with van der Waals surface area (Å²) in [4.78, 5) is 234. The van der Waals surface area contributed by atoms with Gasteiger partial charge in [-0.05, 0) is 195 Å². The fourth-order valence-corrected chi connectivity index (χ4v) is 15.0. The Morgan fingerprint density at radius 2 is 0.886 bits per heavy atom. The van der Waals surface area contributed by atoms with Crippen molar-refractivity contribution in [2.45, 2.75) is 261 Å². The van der Waals surface area contributed by atoms with Gasteiger partial charge in [0, 0.05) is 79.9 Å². The lowest BCUT2D eigenvalue weighted by molar-refractivity contribution is -0.142. The number of thiol groups is 1. The van der Waals surface area contributed by atoms with E-state index in [1.165, 1.54) is 76.4 Å². The number of H-pyrrole nitrogens is 2. The molecule has 0 radical (unpaired) electrons. The number of rotatable bonds is 64. The molecule has 0 fully saturated rings. The number of nitrogens with two attached hydrogens (primary N) is 7. The summed E-state index contributed by atoms with van der Waals surface area (Å²) < 4.78 is 0. The number of amides is 13. The van der Waals surface area contributed by atoms with Crippen LogP contribution in [0.3, 0.4) is 0 Å². The number of thioether (sulfide) groups is 1. The number of para-hydroxylation sites is 1. The van der Waals surface area contributed by atoms with Gasteiger partial charge in [0.15, 0.2) is 17.7 Å². The normalized spacial score (nSPS) is 14.5. The number of carboxylic acids is 2. The fourth-order valence-electron chi connectivity index (χ4n) is 14.2. The van der Waals surface area contributed by atoms with E-state index < -0.39 is 186 Å². The highest BCUT2D eigenvalue weighted by atomic mass is 32.2. The summed E-state index contributed by atoms with van der Waals surface area (Å²) in [7, 11) is 1.51. The van der Waals surface area contributed by atoms with Crippen molar-refractivity contribution in [3.8, 4) is 11.5 Å². The Bertz CT molecular complexity index is 4880. The number of Topliss-reactive ketones (excluding diaryl/α,β-unsaturated/α-hetero) is 1. The average molecular weight is 2000 g/mol. The largest absolute Gasteiger partial charge is 0.508 e. The Hall–Kier alpha value is -13.2. The molecule has 5 rings (SSSR count). The number of nitrogens with one attached hydrogen (secondary N) is 16. The fraction of sp³-hybridized carbons (Fsp3) is 0.554. The number of aliphatic imine (C=N–C) groups is 2. The monoisotopic (exact) mass is 2000 g/mol. The zero-order valence-electron chi connectivity index (χ0n) is 80.7. The third-order valence-corrected chi connectivity index (χ3v) is 23.6.